The summed E-state index contributed by atoms with van der Waals surface area (Å²) in [7, 11) is 0. The number of carbonyl (C=O) groups is 2. The molecule has 0 aliphatic heterocycles. The van der Waals surface area contributed by atoms with Crippen molar-refractivity contribution in [1.29, 1.82) is 0 Å². The van der Waals surface area contributed by atoms with Crippen molar-refractivity contribution >= 4 is 11.6 Å². The van der Waals surface area contributed by atoms with E-state index in [1.165, 1.54) is 0 Å². The van der Waals surface area contributed by atoms with Crippen LogP contribution in [0.25, 0.3) is 0 Å². The van der Waals surface area contributed by atoms with Crippen LogP contribution in [0.15, 0.2) is 48.5 Å². The molecular weight excluding hydrogens is 264 g/mol. The van der Waals surface area contributed by atoms with Crippen LogP contribution in [-0.2, 0) is 0 Å². The number of aliphatic hydroxyl groups is 1. The molecule has 0 bridgehead atoms. The molecule has 21 heavy (non-hydrogen) atoms. The molecule has 0 saturated heterocycles. The predicted molar refractivity (Wildman–Crippen MR) is 81.7 cm³/mol. The van der Waals surface area contributed by atoms with E-state index in [0.29, 0.717) is 23.1 Å². The summed E-state index contributed by atoms with van der Waals surface area (Å²) in [5.41, 5.74) is 2.53. The van der Waals surface area contributed by atoms with Gasteiger partial charge in [-0.3, -0.25) is 9.59 Å². The fourth-order valence-corrected chi connectivity index (χ4v) is 2.15. The van der Waals surface area contributed by atoms with E-state index < -0.39 is 6.10 Å². The van der Waals surface area contributed by atoms with Crippen molar-refractivity contribution in [1.82, 2.24) is 0 Å². The van der Waals surface area contributed by atoms with Crippen LogP contribution in [-0.4, -0.2) is 22.8 Å². The third-order valence-corrected chi connectivity index (χ3v) is 3.51. The molecule has 0 aromatic heterocycles. The van der Waals surface area contributed by atoms with E-state index in [1.807, 2.05) is 25.1 Å². The van der Waals surface area contributed by atoms with Crippen molar-refractivity contribution in [3.8, 4) is 0 Å². The molecule has 0 spiro atoms. The van der Waals surface area contributed by atoms with Crippen LogP contribution >= 0.6 is 0 Å². The van der Waals surface area contributed by atoms with Crippen LogP contribution in [0.5, 0.6) is 0 Å². The number of Topliss-reactive ketones (excluding diaryl/α,β-unsaturated/α-hetero) is 1. The first-order valence-electron chi connectivity index (χ1n) is 6.97. The van der Waals surface area contributed by atoms with Gasteiger partial charge in [0, 0.05) is 16.7 Å². The second kappa shape index (κ2) is 6.46. The van der Waals surface area contributed by atoms with Gasteiger partial charge >= 0.3 is 0 Å². The lowest BCUT2D eigenvalue weighted by Crippen LogP contribution is -2.19. The Labute approximate surface area is 124 Å². The number of ketones is 2. The standard InChI is InChI=1S/C18H18O3/c1-3-16(19)18(21)14-10-8-13(9-11-14)17(20)15-7-5-4-6-12(15)2/h4-11,16,19H,3H2,1-2H3. The monoisotopic (exact) mass is 282 g/mol. The number of hydrogen-bond acceptors (Lipinski definition) is 3. The van der Waals surface area contributed by atoms with Gasteiger partial charge in [0.2, 0.25) is 0 Å². The Morgan fingerprint density at radius 2 is 1.57 bits per heavy atom. The third-order valence-electron chi connectivity index (χ3n) is 3.51. The highest BCUT2D eigenvalue weighted by Gasteiger charge is 2.16. The molecule has 1 unspecified atom stereocenters. The van der Waals surface area contributed by atoms with Crippen molar-refractivity contribution in [2.24, 2.45) is 0 Å². The predicted octanol–water partition coefficient (Wildman–Crippen LogP) is 3.18. The van der Waals surface area contributed by atoms with Crippen molar-refractivity contribution in [3.05, 3.63) is 70.8 Å². The molecule has 0 aliphatic rings. The Kier molecular flexibility index (Phi) is 4.66. The molecule has 2 rings (SSSR count). The second-order valence-electron chi connectivity index (χ2n) is 5.01. The number of carbonyl (C=O) groups excluding carboxylic acids is 2. The van der Waals surface area contributed by atoms with Gasteiger partial charge in [0.15, 0.2) is 11.6 Å². The van der Waals surface area contributed by atoms with Crippen LogP contribution in [0, 0.1) is 6.92 Å². The minimum atomic E-state index is -0.983. The smallest absolute Gasteiger partial charge is 0.193 e. The molecule has 0 heterocycles. The minimum Gasteiger partial charge on any atom is -0.385 e. The molecule has 2 aromatic carbocycles. The Morgan fingerprint density at radius 3 is 2.14 bits per heavy atom. The van der Waals surface area contributed by atoms with Gasteiger partial charge in [-0.1, -0.05) is 55.5 Å². The molecule has 0 aliphatic carbocycles. The summed E-state index contributed by atoms with van der Waals surface area (Å²) in [4.78, 5) is 24.3. The van der Waals surface area contributed by atoms with Gasteiger partial charge in [0.25, 0.3) is 0 Å². The van der Waals surface area contributed by atoms with Crippen LogP contribution in [0.3, 0.4) is 0 Å². The summed E-state index contributed by atoms with van der Waals surface area (Å²) in [5.74, 6) is -0.379. The lowest BCUT2D eigenvalue weighted by atomic mass is 9.97. The van der Waals surface area contributed by atoms with Crippen LogP contribution in [0.4, 0.5) is 0 Å². The first-order valence-corrected chi connectivity index (χ1v) is 6.97. The van der Waals surface area contributed by atoms with Gasteiger partial charge in [-0.15, -0.1) is 0 Å². The average molecular weight is 282 g/mol. The normalized spacial score (nSPS) is 12.0. The summed E-state index contributed by atoms with van der Waals surface area (Å²) in [5, 5.41) is 9.56. The highest BCUT2D eigenvalue weighted by Crippen LogP contribution is 2.15. The molecular formula is C18H18O3. The first kappa shape index (κ1) is 15.1. The van der Waals surface area contributed by atoms with Crippen LogP contribution in [0.2, 0.25) is 0 Å². The molecule has 0 radical (unpaired) electrons. The molecule has 108 valence electrons. The zero-order chi connectivity index (χ0) is 15.4. The zero-order valence-corrected chi connectivity index (χ0v) is 12.2. The topological polar surface area (TPSA) is 54.4 Å². The fourth-order valence-electron chi connectivity index (χ4n) is 2.15. The average Bonchev–Trinajstić information content (AvgIpc) is 2.53. The van der Waals surface area contributed by atoms with Crippen molar-refractivity contribution in [3.63, 3.8) is 0 Å². The molecule has 1 N–H and O–H groups in total. The maximum Gasteiger partial charge on any atom is 0.193 e. The number of benzene rings is 2. The van der Waals surface area contributed by atoms with E-state index in [2.05, 4.69) is 0 Å². The van der Waals surface area contributed by atoms with Crippen LogP contribution < -0.4 is 0 Å². The minimum absolute atomic E-state index is 0.0665. The largest absolute Gasteiger partial charge is 0.385 e. The van der Waals surface area contributed by atoms with E-state index in [1.54, 1.807) is 37.3 Å². The molecule has 0 fully saturated rings. The molecule has 3 heteroatoms. The number of aryl methyl sites for hydroxylation is 1. The van der Waals surface area contributed by atoms with E-state index in [-0.39, 0.29) is 11.6 Å². The van der Waals surface area contributed by atoms with Crippen molar-refractivity contribution in [2.45, 2.75) is 26.4 Å². The molecule has 0 saturated carbocycles. The van der Waals surface area contributed by atoms with E-state index in [0.717, 1.165) is 5.56 Å². The van der Waals surface area contributed by atoms with E-state index >= 15 is 0 Å². The lowest BCUT2D eigenvalue weighted by molar-refractivity contribution is 0.0740. The Hall–Kier alpha value is -2.26. The van der Waals surface area contributed by atoms with Gasteiger partial charge in [-0.2, -0.15) is 0 Å². The van der Waals surface area contributed by atoms with E-state index in [4.69, 9.17) is 0 Å². The maximum atomic E-state index is 12.4. The highest BCUT2D eigenvalue weighted by molar-refractivity contribution is 6.10. The van der Waals surface area contributed by atoms with E-state index in [9.17, 15) is 14.7 Å². The van der Waals surface area contributed by atoms with Gasteiger partial charge < -0.3 is 5.11 Å². The Bertz CT molecular complexity index is 656. The van der Waals surface area contributed by atoms with Crippen molar-refractivity contribution < 1.29 is 14.7 Å². The molecule has 2 aromatic rings. The molecule has 1 atom stereocenters. The van der Waals surface area contributed by atoms with Gasteiger partial charge in [0.05, 0.1) is 0 Å². The second-order valence-corrected chi connectivity index (χ2v) is 5.01. The van der Waals surface area contributed by atoms with Crippen molar-refractivity contribution in [2.75, 3.05) is 0 Å². The quantitative estimate of drug-likeness (QED) is 0.857. The summed E-state index contributed by atoms with van der Waals surface area (Å²) in [6, 6.07) is 13.8. The fraction of sp³-hybridized carbons (Fsp3) is 0.222. The van der Waals surface area contributed by atoms with Gasteiger partial charge in [-0.05, 0) is 18.9 Å². The Morgan fingerprint density at radius 1 is 1.00 bits per heavy atom. The number of aliphatic hydroxyl groups excluding tert-OH is 1. The van der Waals surface area contributed by atoms with Crippen LogP contribution in [0.1, 0.15) is 45.2 Å². The number of hydrogen-bond donors (Lipinski definition) is 1. The summed E-state index contributed by atoms with van der Waals surface area (Å²) in [6.45, 7) is 3.64. The Balaban J connectivity index is 2.25. The molecule has 3 nitrogen and oxygen atoms in total. The SMILES string of the molecule is CCC(O)C(=O)c1ccc(C(=O)c2ccccc2C)cc1. The van der Waals surface area contributed by atoms with Gasteiger partial charge in [-0.25, -0.2) is 0 Å². The summed E-state index contributed by atoms with van der Waals surface area (Å²) >= 11 is 0. The zero-order valence-electron chi connectivity index (χ0n) is 12.2. The summed E-state index contributed by atoms with van der Waals surface area (Å²) in [6.07, 6.45) is -0.606. The first-order chi connectivity index (χ1) is 10.0. The maximum absolute atomic E-state index is 12.4. The lowest BCUT2D eigenvalue weighted by Gasteiger charge is -2.08. The third kappa shape index (κ3) is 3.26. The highest BCUT2D eigenvalue weighted by atomic mass is 16.3. The molecule has 0 amide bonds. The summed E-state index contributed by atoms with van der Waals surface area (Å²) < 4.78 is 0. The van der Waals surface area contributed by atoms with Gasteiger partial charge in [0.1, 0.15) is 6.10 Å². The number of rotatable bonds is 5.